The molecule has 4 rings (SSSR count). The van der Waals surface area contributed by atoms with Crippen LogP contribution in [0, 0.1) is 5.82 Å². The molecule has 0 unspecified atom stereocenters. The van der Waals surface area contributed by atoms with Gasteiger partial charge in [-0.05, 0) is 29.8 Å². The van der Waals surface area contributed by atoms with Crippen LogP contribution in [0.5, 0.6) is 11.5 Å². The number of carbonyl (C=O) groups excluding carboxylic acids is 3. The van der Waals surface area contributed by atoms with Crippen molar-refractivity contribution in [1.82, 2.24) is 10.2 Å². The molecule has 2 aliphatic rings. The van der Waals surface area contributed by atoms with Crippen molar-refractivity contribution < 1.29 is 28.2 Å². The molecule has 7 nitrogen and oxygen atoms in total. The number of nitrogens with one attached hydrogen (secondary N) is 1. The van der Waals surface area contributed by atoms with Crippen molar-refractivity contribution in [2.45, 2.75) is 6.54 Å². The molecular formula is C18H13FN2O5. The van der Waals surface area contributed by atoms with Gasteiger partial charge in [0.1, 0.15) is 12.4 Å². The second-order valence-corrected chi connectivity index (χ2v) is 5.82. The molecule has 0 aromatic heterocycles. The van der Waals surface area contributed by atoms with E-state index in [-0.39, 0.29) is 24.5 Å². The molecule has 3 amide bonds. The first-order valence-electron chi connectivity index (χ1n) is 7.84. The highest BCUT2D eigenvalue weighted by molar-refractivity contribution is 6.22. The molecule has 0 fully saturated rings. The van der Waals surface area contributed by atoms with Crippen molar-refractivity contribution in [2.24, 2.45) is 0 Å². The summed E-state index contributed by atoms with van der Waals surface area (Å²) in [6.45, 7) is -0.134. The van der Waals surface area contributed by atoms with E-state index in [1.807, 2.05) is 0 Å². The number of rotatable bonds is 4. The minimum atomic E-state index is -0.804. The van der Waals surface area contributed by atoms with Crippen LogP contribution in [0.1, 0.15) is 26.3 Å². The summed E-state index contributed by atoms with van der Waals surface area (Å²) in [4.78, 5) is 37.3. The first-order valence-corrected chi connectivity index (χ1v) is 7.84. The Hall–Kier alpha value is -3.42. The van der Waals surface area contributed by atoms with Crippen molar-refractivity contribution in [3.63, 3.8) is 0 Å². The van der Waals surface area contributed by atoms with Gasteiger partial charge in [-0.25, -0.2) is 4.39 Å². The topological polar surface area (TPSA) is 84.9 Å². The Labute approximate surface area is 147 Å². The average Bonchev–Trinajstić information content (AvgIpc) is 3.19. The fourth-order valence-corrected chi connectivity index (χ4v) is 2.89. The van der Waals surface area contributed by atoms with Gasteiger partial charge in [-0.1, -0.05) is 12.1 Å². The molecule has 26 heavy (non-hydrogen) atoms. The van der Waals surface area contributed by atoms with Gasteiger partial charge in [-0.15, -0.1) is 0 Å². The standard InChI is InChI=1S/C18H13FN2O5/c19-12-3-1-2-11-16(12)18(24)21(17(11)23)8-15(22)20-7-10-4-5-13-14(6-10)26-9-25-13/h1-6H,7-9H2,(H,20,22). The maximum absolute atomic E-state index is 13.8. The zero-order valence-corrected chi connectivity index (χ0v) is 13.5. The number of fused-ring (bicyclic) bond motifs is 2. The Bertz CT molecular complexity index is 943. The number of ether oxygens (including phenoxy) is 2. The quantitative estimate of drug-likeness (QED) is 0.839. The second-order valence-electron chi connectivity index (χ2n) is 5.82. The molecule has 0 radical (unpaired) electrons. The summed E-state index contributed by atoms with van der Waals surface area (Å²) in [6.07, 6.45) is 0. The summed E-state index contributed by atoms with van der Waals surface area (Å²) >= 11 is 0. The summed E-state index contributed by atoms with van der Waals surface area (Å²) < 4.78 is 24.3. The molecule has 0 aliphatic carbocycles. The van der Waals surface area contributed by atoms with Gasteiger partial charge in [0.25, 0.3) is 11.8 Å². The minimum absolute atomic E-state index is 0.0291. The number of benzene rings is 2. The van der Waals surface area contributed by atoms with Crippen LogP contribution >= 0.6 is 0 Å². The monoisotopic (exact) mass is 356 g/mol. The Balaban J connectivity index is 1.40. The van der Waals surface area contributed by atoms with Gasteiger partial charge in [0.2, 0.25) is 12.7 Å². The fourth-order valence-electron chi connectivity index (χ4n) is 2.89. The van der Waals surface area contributed by atoms with Gasteiger partial charge < -0.3 is 14.8 Å². The molecule has 0 bridgehead atoms. The van der Waals surface area contributed by atoms with Gasteiger partial charge in [-0.2, -0.15) is 0 Å². The Morgan fingerprint density at radius 2 is 1.92 bits per heavy atom. The summed E-state index contributed by atoms with van der Waals surface area (Å²) in [6, 6.07) is 9.06. The number of amides is 3. The van der Waals surface area contributed by atoms with Crippen molar-refractivity contribution in [3.05, 3.63) is 58.9 Å². The van der Waals surface area contributed by atoms with Gasteiger partial charge in [-0.3, -0.25) is 19.3 Å². The number of imide groups is 1. The van der Waals surface area contributed by atoms with E-state index in [2.05, 4.69) is 5.32 Å². The fraction of sp³-hybridized carbons (Fsp3) is 0.167. The molecule has 0 saturated carbocycles. The van der Waals surface area contributed by atoms with Crippen molar-refractivity contribution in [2.75, 3.05) is 13.3 Å². The van der Waals surface area contributed by atoms with Crippen molar-refractivity contribution in [1.29, 1.82) is 0 Å². The first-order chi connectivity index (χ1) is 12.5. The lowest BCUT2D eigenvalue weighted by Gasteiger charge is -2.13. The molecule has 2 aromatic carbocycles. The highest BCUT2D eigenvalue weighted by Gasteiger charge is 2.38. The second kappa shape index (κ2) is 6.14. The molecule has 0 saturated heterocycles. The lowest BCUT2D eigenvalue weighted by Crippen LogP contribution is -2.40. The van der Waals surface area contributed by atoms with Crippen molar-refractivity contribution in [3.8, 4) is 11.5 Å². The van der Waals surface area contributed by atoms with Gasteiger partial charge >= 0.3 is 0 Å². The number of hydrogen-bond donors (Lipinski definition) is 1. The van der Waals surface area contributed by atoms with Crippen LogP contribution in [0.3, 0.4) is 0 Å². The highest BCUT2D eigenvalue weighted by Crippen LogP contribution is 2.32. The number of nitrogens with zero attached hydrogens (tertiary/aromatic N) is 1. The Morgan fingerprint density at radius 1 is 1.12 bits per heavy atom. The molecule has 1 N–H and O–H groups in total. The first kappa shape index (κ1) is 16.1. The van der Waals surface area contributed by atoms with Crippen LogP contribution in [0.2, 0.25) is 0 Å². The number of halogens is 1. The lowest BCUT2D eigenvalue weighted by atomic mass is 10.1. The smallest absolute Gasteiger partial charge is 0.265 e. The maximum atomic E-state index is 13.8. The average molecular weight is 356 g/mol. The third-order valence-electron chi connectivity index (χ3n) is 4.18. The number of carbonyl (C=O) groups is 3. The Kier molecular flexibility index (Phi) is 3.80. The molecule has 2 aliphatic heterocycles. The molecule has 0 spiro atoms. The third kappa shape index (κ3) is 2.65. The zero-order chi connectivity index (χ0) is 18.3. The maximum Gasteiger partial charge on any atom is 0.265 e. The summed E-state index contributed by atoms with van der Waals surface area (Å²) in [7, 11) is 0. The highest BCUT2D eigenvalue weighted by atomic mass is 19.1. The summed E-state index contributed by atoms with van der Waals surface area (Å²) in [5.74, 6) is -1.56. The largest absolute Gasteiger partial charge is 0.454 e. The zero-order valence-electron chi connectivity index (χ0n) is 13.5. The lowest BCUT2D eigenvalue weighted by molar-refractivity contribution is -0.121. The van der Waals surface area contributed by atoms with Crippen LogP contribution in [0.25, 0.3) is 0 Å². The van der Waals surface area contributed by atoms with Gasteiger partial charge in [0, 0.05) is 6.54 Å². The Morgan fingerprint density at radius 3 is 2.73 bits per heavy atom. The van der Waals surface area contributed by atoms with E-state index < -0.39 is 30.1 Å². The predicted octanol–water partition coefficient (Wildman–Crippen LogP) is 1.47. The molecule has 8 heteroatoms. The van der Waals surface area contributed by atoms with E-state index in [1.54, 1.807) is 18.2 Å². The van der Waals surface area contributed by atoms with Crippen LogP contribution in [0.4, 0.5) is 4.39 Å². The van der Waals surface area contributed by atoms with Crippen LogP contribution in [-0.2, 0) is 11.3 Å². The third-order valence-corrected chi connectivity index (χ3v) is 4.18. The number of hydrogen-bond acceptors (Lipinski definition) is 5. The normalized spacial score (nSPS) is 14.6. The van der Waals surface area contributed by atoms with E-state index in [0.29, 0.717) is 11.5 Å². The van der Waals surface area contributed by atoms with E-state index in [4.69, 9.17) is 9.47 Å². The summed E-state index contributed by atoms with van der Waals surface area (Å²) in [5.41, 5.74) is 0.454. The molecular weight excluding hydrogens is 343 g/mol. The molecule has 2 heterocycles. The minimum Gasteiger partial charge on any atom is -0.454 e. The van der Waals surface area contributed by atoms with E-state index in [1.165, 1.54) is 12.1 Å². The summed E-state index contributed by atoms with van der Waals surface area (Å²) in [5, 5.41) is 2.62. The van der Waals surface area contributed by atoms with Gasteiger partial charge in [0.15, 0.2) is 11.5 Å². The van der Waals surface area contributed by atoms with E-state index in [9.17, 15) is 18.8 Å². The van der Waals surface area contributed by atoms with E-state index >= 15 is 0 Å². The van der Waals surface area contributed by atoms with E-state index in [0.717, 1.165) is 16.5 Å². The van der Waals surface area contributed by atoms with Crippen molar-refractivity contribution >= 4 is 17.7 Å². The van der Waals surface area contributed by atoms with Gasteiger partial charge in [0.05, 0.1) is 11.1 Å². The van der Waals surface area contributed by atoms with Crippen LogP contribution in [-0.4, -0.2) is 36.0 Å². The molecule has 0 atom stereocenters. The van der Waals surface area contributed by atoms with Crippen LogP contribution < -0.4 is 14.8 Å². The molecule has 2 aromatic rings. The molecule has 132 valence electrons. The SMILES string of the molecule is O=C(CN1C(=O)c2cccc(F)c2C1=O)NCc1ccc2c(c1)OCO2. The predicted molar refractivity (Wildman–Crippen MR) is 86.2 cm³/mol. The van der Waals surface area contributed by atoms with Crippen LogP contribution in [0.15, 0.2) is 36.4 Å².